The Morgan fingerprint density at radius 1 is 1.44 bits per heavy atom. The van der Waals surface area contributed by atoms with Gasteiger partial charge in [-0.25, -0.2) is 4.79 Å². The zero-order valence-corrected chi connectivity index (χ0v) is 12.1. The minimum atomic E-state index is -0.609. The first-order valence-corrected chi connectivity index (χ1v) is 5.74. The lowest BCUT2D eigenvalue weighted by Crippen LogP contribution is -2.37. The maximum Gasteiger partial charge on any atom is 0.328 e. The molecule has 0 aliphatic rings. The summed E-state index contributed by atoms with van der Waals surface area (Å²) in [6.07, 6.45) is 1.29. The quantitative estimate of drug-likeness (QED) is 0.602. The van der Waals surface area contributed by atoms with Crippen LogP contribution < -0.4 is 21.9 Å². The third kappa shape index (κ3) is 5.03. The number of hydrogen-bond donors (Lipinski definition) is 3. The van der Waals surface area contributed by atoms with E-state index < -0.39 is 11.2 Å². The van der Waals surface area contributed by atoms with Crippen molar-refractivity contribution in [3.8, 4) is 0 Å². The summed E-state index contributed by atoms with van der Waals surface area (Å²) in [7, 11) is 1.77. The average molecular weight is 342 g/mol. The van der Waals surface area contributed by atoms with Gasteiger partial charge in [0.15, 0.2) is 0 Å². The molecule has 0 unspecified atom stereocenters. The summed E-state index contributed by atoms with van der Waals surface area (Å²) in [4.78, 5) is 35.9. The summed E-state index contributed by atoms with van der Waals surface area (Å²) in [5.41, 5.74) is -1.12. The van der Waals surface area contributed by atoms with Crippen molar-refractivity contribution in [2.45, 2.75) is 6.54 Å². The van der Waals surface area contributed by atoms with Crippen LogP contribution in [-0.2, 0) is 11.3 Å². The fourth-order valence-corrected chi connectivity index (χ4v) is 1.48. The lowest BCUT2D eigenvalue weighted by Gasteiger charge is -2.06. The summed E-state index contributed by atoms with van der Waals surface area (Å²) in [5, 5.41) is 5.50. The number of likely N-dealkylation sites (N-methyl/N-ethyl adjacent to an activating group) is 1. The highest BCUT2D eigenvalue weighted by molar-refractivity contribution is 9.10. The number of carbonyl (C=O) groups excluding carboxylic acids is 1. The summed E-state index contributed by atoms with van der Waals surface area (Å²) in [5.74, 6) is -0.290. The Morgan fingerprint density at radius 2 is 2.11 bits per heavy atom. The summed E-state index contributed by atoms with van der Waals surface area (Å²) in [6.45, 7) is 1.00. The molecule has 0 saturated carbocycles. The fraction of sp³-hybridized carbons (Fsp3) is 0.444. The van der Waals surface area contributed by atoms with Crippen molar-refractivity contribution in [1.29, 1.82) is 0 Å². The van der Waals surface area contributed by atoms with Crippen LogP contribution in [0.2, 0.25) is 0 Å². The van der Waals surface area contributed by atoms with E-state index >= 15 is 0 Å². The maximum atomic E-state index is 11.4. The van der Waals surface area contributed by atoms with Crippen LogP contribution >= 0.6 is 28.3 Å². The maximum absolute atomic E-state index is 11.4. The van der Waals surface area contributed by atoms with Crippen LogP contribution in [0, 0.1) is 0 Å². The van der Waals surface area contributed by atoms with Crippen LogP contribution in [0.3, 0.4) is 0 Å². The minimum Gasteiger partial charge on any atom is -0.353 e. The predicted molar refractivity (Wildman–Crippen MR) is 73.2 cm³/mol. The predicted octanol–water partition coefficient (Wildman–Crippen LogP) is -0.943. The Balaban J connectivity index is 0.00000289. The minimum absolute atomic E-state index is 0. The highest BCUT2D eigenvalue weighted by Crippen LogP contribution is 1.97. The molecule has 1 aromatic rings. The van der Waals surface area contributed by atoms with Crippen molar-refractivity contribution in [2.75, 3.05) is 20.1 Å². The number of nitrogens with one attached hydrogen (secondary N) is 3. The molecule has 9 heteroatoms. The number of hydrogen-bond acceptors (Lipinski definition) is 4. The van der Waals surface area contributed by atoms with E-state index in [4.69, 9.17) is 0 Å². The highest BCUT2D eigenvalue weighted by Gasteiger charge is 2.06. The Morgan fingerprint density at radius 3 is 2.72 bits per heavy atom. The highest BCUT2D eigenvalue weighted by atomic mass is 79.9. The van der Waals surface area contributed by atoms with Gasteiger partial charge in [0.25, 0.3) is 5.56 Å². The largest absolute Gasteiger partial charge is 0.353 e. The van der Waals surface area contributed by atoms with Gasteiger partial charge >= 0.3 is 5.69 Å². The lowest BCUT2D eigenvalue weighted by atomic mass is 10.5. The molecule has 0 saturated heterocycles. The molecule has 7 nitrogen and oxygen atoms in total. The molecule has 18 heavy (non-hydrogen) atoms. The van der Waals surface area contributed by atoms with Crippen LogP contribution in [0.1, 0.15) is 0 Å². The van der Waals surface area contributed by atoms with E-state index in [0.29, 0.717) is 13.1 Å². The molecular weight excluding hydrogens is 327 g/mol. The third-order valence-electron chi connectivity index (χ3n) is 1.98. The molecule has 0 spiro atoms. The van der Waals surface area contributed by atoms with Gasteiger partial charge < -0.3 is 10.6 Å². The van der Waals surface area contributed by atoms with Crippen LogP contribution in [0.15, 0.2) is 20.3 Å². The van der Waals surface area contributed by atoms with Crippen molar-refractivity contribution in [2.24, 2.45) is 0 Å². The molecular formula is C9H14BrClN4O3. The molecule has 102 valence electrons. The second kappa shape index (κ2) is 8.06. The first-order chi connectivity index (χ1) is 8.04. The van der Waals surface area contributed by atoms with Crippen molar-refractivity contribution >= 4 is 34.2 Å². The fourth-order valence-electron chi connectivity index (χ4n) is 1.14. The molecule has 0 aliphatic heterocycles. The van der Waals surface area contributed by atoms with E-state index in [0.717, 1.165) is 4.57 Å². The Hall–Kier alpha value is -1.12. The number of nitrogens with zero attached hydrogens (tertiary/aromatic N) is 1. The third-order valence-corrected chi connectivity index (χ3v) is 2.54. The molecule has 0 aromatic carbocycles. The van der Waals surface area contributed by atoms with Crippen molar-refractivity contribution in [3.63, 3.8) is 0 Å². The molecule has 1 rings (SSSR count). The first kappa shape index (κ1) is 16.9. The van der Waals surface area contributed by atoms with Gasteiger partial charge in [-0.2, -0.15) is 0 Å². The van der Waals surface area contributed by atoms with Crippen molar-refractivity contribution in [1.82, 2.24) is 20.2 Å². The molecule has 1 amide bonds. The molecule has 0 bridgehead atoms. The molecule has 1 aromatic heterocycles. The number of aromatic amines is 1. The van der Waals surface area contributed by atoms with E-state index in [2.05, 4.69) is 31.5 Å². The molecule has 0 radical (unpaired) electrons. The van der Waals surface area contributed by atoms with E-state index in [9.17, 15) is 14.4 Å². The molecule has 0 atom stereocenters. The molecule has 0 fully saturated rings. The lowest BCUT2D eigenvalue weighted by molar-refractivity contribution is -0.121. The molecule has 0 aliphatic carbocycles. The standard InChI is InChI=1S/C9H13BrN4O3.ClH/c1-11-2-3-12-7(15)5-14-4-6(10)8(16)13-9(14)17;/h4,11H,2-3,5H2,1H3,(H,12,15)(H,13,16,17);1H. The number of H-pyrrole nitrogens is 1. The van der Waals surface area contributed by atoms with Gasteiger partial charge in [-0.05, 0) is 23.0 Å². The zero-order chi connectivity index (χ0) is 12.8. The molecule has 1 heterocycles. The Labute approximate surface area is 118 Å². The number of carbonyl (C=O) groups is 1. The SMILES string of the molecule is CNCCNC(=O)Cn1cc(Br)c(=O)[nH]c1=O.Cl. The second-order valence-corrected chi connectivity index (χ2v) is 4.17. The zero-order valence-electron chi connectivity index (χ0n) is 9.66. The monoisotopic (exact) mass is 340 g/mol. The van der Waals surface area contributed by atoms with Crippen LogP contribution in [0.25, 0.3) is 0 Å². The number of aromatic nitrogens is 2. The van der Waals surface area contributed by atoms with Gasteiger partial charge in [0.05, 0.1) is 4.47 Å². The van der Waals surface area contributed by atoms with Crippen LogP contribution in [0.4, 0.5) is 0 Å². The van der Waals surface area contributed by atoms with E-state index in [1.165, 1.54) is 6.20 Å². The van der Waals surface area contributed by atoms with Gasteiger partial charge in [0, 0.05) is 19.3 Å². The Kier molecular flexibility index (Phi) is 7.56. The first-order valence-electron chi connectivity index (χ1n) is 4.95. The van der Waals surface area contributed by atoms with Crippen molar-refractivity contribution < 1.29 is 4.79 Å². The van der Waals surface area contributed by atoms with Gasteiger partial charge in [-0.1, -0.05) is 0 Å². The van der Waals surface area contributed by atoms with Crippen LogP contribution in [-0.4, -0.2) is 35.6 Å². The van der Waals surface area contributed by atoms with Gasteiger partial charge in [0.2, 0.25) is 5.91 Å². The topological polar surface area (TPSA) is 96.0 Å². The van der Waals surface area contributed by atoms with Gasteiger partial charge in [-0.15, -0.1) is 12.4 Å². The number of amides is 1. The summed E-state index contributed by atoms with van der Waals surface area (Å²) in [6, 6.07) is 0. The van der Waals surface area contributed by atoms with Gasteiger partial charge in [0.1, 0.15) is 6.54 Å². The van der Waals surface area contributed by atoms with Crippen LogP contribution in [0.5, 0.6) is 0 Å². The van der Waals surface area contributed by atoms with Crippen molar-refractivity contribution in [3.05, 3.63) is 31.5 Å². The normalized spacial score (nSPS) is 9.67. The average Bonchev–Trinajstić information content (AvgIpc) is 2.26. The Bertz CT molecular complexity index is 513. The van der Waals surface area contributed by atoms with Gasteiger partial charge in [-0.3, -0.25) is 19.1 Å². The van der Waals surface area contributed by atoms with E-state index in [-0.39, 0.29) is 29.3 Å². The van der Waals surface area contributed by atoms with E-state index in [1.807, 2.05) is 0 Å². The number of rotatable bonds is 5. The number of halogens is 2. The van der Waals surface area contributed by atoms with E-state index in [1.54, 1.807) is 7.05 Å². The summed E-state index contributed by atoms with van der Waals surface area (Å²) >= 11 is 2.99. The molecule has 3 N–H and O–H groups in total. The second-order valence-electron chi connectivity index (χ2n) is 3.32. The smallest absolute Gasteiger partial charge is 0.328 e. The summed E-state index contributed by atoms with van der Waals surface area (Å²) < 4.78 is 1.33.